The average Bonchev–Trinajstić information content (AvgIpc) is 2.45. The number of pyridine rings is 1. The Balaban J connectivity index is 1.80. The molecule has 3 rings (SSSR count). The molecule has 1 aromatic heterocycles. The molecule has 0 spiro atoms. The summed E-state index contributed by atoms with van der Waals surface area (Å²) in [7, 11) is 0. The molecule has 106 valence electrons. The average molecular weight is 271 g/mol. The van der Waals surface area contributed by atoms with Crippen LogP contribution < -0.4 is 11.1 Å². The lowest BCUT2D eigenvalue weighted by Crippen LogP contribution is -2.38. The number of hydrogen-bond donors (Lipinski definition) is 3. The van der Waals surface area contributed by atoms with Gasteiger partial charge in [0, 0.05) is 29.5 Å². The smallest absolute Gasteiger partial charge is 0.0819 e. The molecule has 1 aromatic carbocycles. The summed E-state index contributed by atoms with van der Waals surface area (Å²) in [6, 6.07) is 7.68. The van der Waals surface area contributed by atoms with Crippen molar-refractivity contribution in [2.75, 3.05) is 17.6 Å². The van der Waals surface area contributed by atoms with Crippen LogP contribution in [0.2, 0.25) is 0 Å². The summed E-state index contributed by atoms with van der Waals surface area (Å²) in [5, 5.41) is 15.0. The van der Waals surface area contributed by atoms with Gasteiger partial charge in [-0.3, -0.25) is 4.98 Å². The fourth-order valence-corrected chi connectivity index (χ4v) is 2.97. The minimum absolute atomic E-state index is 0.568. The van der Waals surface area contributed by atoms with Gasteiger partial charge < -0.3 is 16.2 Å². The van der Waals surface area contributed by atoms with Crippen molar-refractivity contribution in [1.82, 2.24) is 4.98 Å². The molecule has 0 radical (unpaired) electrons. The third-order valence-corrected chi connectivity index (χ3v) is 4.16. The molecule has 1 heterocycles. The Kier molecular flexibility index (Phi) is 3.49. The summed E-state index contributed by atoms with van der Waals surface area (Å²) in [5.74, 6) is 0. The van der Waals surface area contributed by atoms with Crippen LogP contribution in [0.25, 0.3) is 10.9 Å². The largest absolute Gasteiger partial charge is 0.399 e. The maximum atomic E-state index is 10.6. The molecule has 0 amide bonds. The van der Waals surface area contributed by atoms with E-state index in [2.05, 4.69) is 10.3 Å². The van der Waals surface area contributed by atoms with E-state index in [1.165, 1.54) is 6.42 Å². The van der Waals surface area contributed by atoms with Crippen molar-refractivity contribution in [1.29, 1.82) is 0 Å². The number of aromatic nitrogens is 1. The number of nitrogens with two attached hydrogens (primary N) is 1. The Morgan fingerprint density at radius 3 is 2.80 bits per heavy atom. The minimum Gasteiger partial charge on any atom is -0.399 e. The predicted octanol–water partition coefficient (Wildman–Crippen LogP) is 2.92. The summed E-state index contributed by atoms with van der Waals surface area (Å²) < 4.78 is 0. The maximum absolute atomic E-state index is 10.6. The molecular formula is C16H21N3O. The molecule has 2 aromatic rings. The lowest BCUT2D eigenvalue weighted by molar-refractivity contribution is 0.0167. The molecule has 4 heteroatoms. The predicted molar refractivity (Wildman–Crippen MR) is 82.7 cm³/mol. The van der Waals surface area contributed by atoms with Crippen molar-refractivity contribution in [3.05, 3.63) is 30.5 Å². The number of fused-ring (bicyclic) bond motifs is 1. The zero-order valence-electron chi connectivity index (χ0n) is 11.6. The second-order valence-corrected chi connectivity index (χ2v) is 5.77. The van der Waals surface area contributed by atoms with Crippen molar-refractivity contribution in [3.63, 3.8) is 0 Å². The zero-order chi connectivity index (χ0) is 14.0. The van der Waals surface area contributed by atoms with Crippen molar-refractivity contribution in [2.24, 2.45) is 0 Å². The summed E-state index contributed by atoms with van der Waals surface area (Å²) in [4.78, 5) is 4.33. The van der Waals surface area contributed by atoms with Gasteiger partial charge in [0.25, 0.3) is 0 Å². The Morgan fingerprint density at radius 2 is 2.00 bits per heavy atom. The lowest BCUT2D eigenvalue weighted by atomic mass is 9.85. The number of aliphatic hydroxyl groups is 1. The van der Waals surface area contributed by atoms with Crippen LogP contribution in [0.15, 0.2) is 30.5 Å². The van der Waals surface area contributed by atoms with E-state index < -0.39 is 5.60 Å². The number of benzene rings is 1. The SMILES string of the molecule is Nc1ccc2c(NCC3(O)CCCCC3)ccnc2c1. The molecule has 0 atom stereocenters. The molecule has 1 fully saturated rings. The van der Waals surface area contributed by atoms with E-state index in [9.17, 15) is 5.11 Å². The van der Waals surface area contributed by atoms with Crippen molar-refractivity contribution < 1.29 is 5.11 Å². The van der Waals surface area contributed by atoms with Crippen molar-refractivity contribution >= 4 is 22.3 Å². The van der Waals surface area contributed by atoms with Crippen LogP contribution >= 0.6 is 0 Å². The van der Waals surface area contributed by atoms with Gasteiger partial charge in [0.1, 0.15) is 0 Å². The molecule has 0 aliphatic heterocycles. The molecule has 0 saturated heterocycles. The quantitative estimate of drug-likeness (QED) is 0.751. The monoisotopic (exact) mass is 271 g/mol. The van der Waals surface area contributed by atoms with E-state index >= 15 is 0 Å². The first-order valence-electron chi connectivity index (χ1n) is 7.27. The molecular weight excluding hydrogens is 250 g/mol. The van der Waals surface area contributed by atoms with Crippen LogP contribution in [-0.2, 0) is 0 Å². The van der Waals surface area contributed by atoms with Gasteiger partial charge in [-0.2, -0.15) is 0 Å². The normalized spacial score (nSPS) is 18.1. The van der Waals surface area contributed by atoms with Crippen LogP contribution in [-0.4, -0.2) is 22.2 Å². The highest BCUT2D eigenvalue weighted by molar-refractivity contribution is 5.92. The highest BCUT2D eigenvalue weighted by Crippen LogP contribution is 2.29. The molecule has 4 N–H and O–H groups in total. The van der Waals surface area contributed by atoms with Gasteiger partial charge in [0.15, 0.2) is 0 Å². The molecule has 1 saturated carbocycles. The maximum Gasteiger partial charge on any atom is 0.0819 e. The number of hydrogen-bond acceptors (Lipinski definition) is 4. The number of nitrogens with one attached hydrogen (secondary N) is 1. The van der Waals surface area contributed by atoms with Gasteiger partial charge >= 0.3 is 0 Å². The van der Waals surface area contributed by atoms with Crippen LogP contribution in [0.4, 0.5) is 11.4 Å². The molecule has 4 nitrogen and oxygen atoms in total. The molecule has 20 heavy (non-hydrogen) atoms. The number of anilines is 2. The Bertz CT molecular complexity index is 606. The highest BCUT2D eigenvalue weighted by Gasteiger charge is 2.28. The molecule has 0 unspecified atom stereocenters. The second kappa shape index (κ2) is 5.29. The minimum atomic E-state index is -0.568. The summed E-state index contributed by atoms with van der Waals surface area (Å²) in [5.41, 5.74) is 7.82. The fourth-order valence-electron chi connectivity index (χ4n) is 2.97. The Morgan fingerprint density at radius 1 is 1.20 bits per heavy atom. The third-order valence-electron chi connectivity index (χ3n) is 4.16. The van der Waals surface area contributed by atoms with E-state index in [0.29, 0.717) is 12.2 Å². The van der Waals surface area contributed by atoms with Crippen LogP contribution in [0.1, 0.15) is 32.1 Å². The van der Waals surface area contributed by atoms with E-state index in [0.717, 1.165) is 42.3 Å². The van der Waals surface area contributed by atoms with E-state index in [-0.39, 0.29) is 0 Å². The molecule has 1 aliphatic carbocycles. The Labute approximate surface area is 119 Å². The number of rotatable bonds is 3. The Hall–Kier alpha value is -1.81. The van der Waals surface area contributed by atoms with Crippen LogP contribution in [0.5, 0.6) is 0 Å². The first-order valence-corrected chi connectivity index (χ1v) is 7.27. The summed E-state index contributed by atoms with van der Waals surface area (Å²) in [6.45, 7) is 0.594. The van der Waals surface area contributed by atoms with Gasteiger partial charge in [-0.25, -0.2) is 0 Å². The molecule has 0 bridgehead atoms. The topological polar surface area (TPSA) is 71.2 Å². The van der Waals surface area contributed by atoms with Crippen molar-refractivity contribution in [2.45, 2.75) is 37.7 Å². The first kappa shape index (κ1) is 13.2. The fraction of sp³-hybridized carbons (Fsp3) is 0.438. The number of nitrogen functional groups attached to an aromatic ring is 1. The lowest BCUT2D eigenvalue weighted by Gasteiger charge is -2.32. The van der Waals surface area contributed by atoms with Gasteiger partial charge in [0.2, 0.25) is 0 Å². The second-order valence-electron chi connectivity index (χ2n) is 5.77. The van der Waals surface area contributed by atoms with E-state index in [1.54, 1.807) is 6.20 Å². The van der Waals surface area contributed by atoms with Gasteiger partial charge in [-0.1, -0.05) is 19.3 Å². The third kappa shape index (κ3) is 2.70. The standard InChI is InChI=1S/C16H21N3O/c17-12-4-5-13-14(6-9-18-15(13)10-12)19-11-16(20)7-2-1-3-8-16/h4-6,9-10,20H,1-3,7-8,11,17H2,(H,18,19). The van der Waals surface area contributed by atoms with Gasteiger partial charge in [-0.05, 0) is 37.1 Å². The summed E-state index contributed by atoms with van der Waals surface area (Å²) >= 11 is 0. The van der Waals surface area contributed by atoms with Crippen molar-refractivity contribution in [3.8, 4) is 0 Å². The number of nitrogens with zero attached hydrogens (tertiary/aromatic N) is 1. The summed E-state index contributed by atoms with van der Waals surface area (Å²) in [6.07, 6.45) is 7.01. The van der Waals surface area contributed by atoms with Crippen LogP contribution in [0.3, 0.4) is 0 Å². The van der Waals surface area contributed by atoms with Gasteiger partial charge in [0.05, 0.1) is 11.1 Å². The van der Waals surface area contributed by atoms with Gasteiger partial charge in [-0.15, -0.1) is 0 Å². The van der Waals surface area contributed by atoms with E-state index in [4.69, 9.17) is 5.73 Å². The van der Waals surface area contributed by atoms with E-state index in [1.807, 2.05) is 24.3 Å². The molecule has 1 aliphatic rings. The first-order chi connectivity index (χ1) is 9.66. The van der Waals surface area contributed by atoms with Crippen LogP contribution in [0, 0.1) is 0 Å². The zero-order valence-corrected chi connectivity index (χ0v) is 11.6. The highest BCUT2D eigenvalue weighted by atomic mass is 16.3.